The molecule has 0 spiro atoms. The lowest BCUT2D eigenvalue weighted by Gasteiger charge is -2.19. The molecule has 1 nitrogen and oxygen atoms in total. The predicted molar refractivity (Wildman–Crippen MR) is 49.3 cm³/mol. The Bertz CT molecular complexity index is 147. The van der Waals surface area contributed by atoms with Crippen molar-refractivity contribution in [2.45, 2.75) is 39.2 Å². The first kappa shape index (κ1) is 8.79. The van der Waals surface area contributed by atoms with Crippen LogP contribution in [0.4, 0.5) is 0 Å². The second-order valence-corrected chi connectivity index (χ2v) is 4.02. The smallest absolute Gasteiger partial charge is 0.0104 e. The Kier molecular flexibility index (Phi) is 2.72. The van der Waals surface area contributed by atoms with Gasteiger partial charge >= 0.3 is 0 Å². The van der Waals surface area contributed by atoms with E-state index >= 15 is 0 Å². The molecular formula is C10H19N. The molecule has 0 aromatic heterocycles. The lowest BCUT2D eigenvalue weighted by Crippen LogP contribution is -2.29. The summed E-state index contributed by atoms with van der Waals surface area (Å²) >= 11 is 0. The monoisotopic (exact) mass is 153 g/mol. The van der Waals surface area contributed by atoms with Crippen LogP contribution >= 0.6 is 0 Å². The Balaban J connectivity index is 2.26. The Labute approximate surface area is 69.7 Å². The van der Waals surface area contributed by atoms with Crippen molar-refractivity contribution in [3.63, 3.8) is 0 Å². The van der Waals surface area contributed by atoms with E-state index in [1.807, 2.05) is 0 Å². The Hall–Kier alpha value is -0.300. The molecular weight excluding hydrogens is 134 g/mol. The highest BCUT2D eigenvalue weighted by Gasteiger charge is 2.31. The molecule has 0 aromatic carbocycles. The minimum Gasteiger partial charge on any atom is -0.327 e. The summed E-state index contributed by atoms with van der Waals surface area (Å²) in [6, 6.07) is 0.347. The van der Waals surface area contributed by atoms with Crippen LogP contribution in [0.3, 0.4) is 0 Å². The lowest BCUT2D eigenvalue weighted by molar-refractivity contribution is 0.404. The van der Waals surface area contributed by atoms with Crippen LogP contribution < -0.4 is 5.73 Å². The highest BCUT2D eigenvalue weighted by Crippen LogP contribution is 2.38. The van der Waals surface area contributed by atoms with Gasteiger partial charge in [-0.15, -0.1) is 6.58 Å². The van der Waals surface area contributed by atoms with Gasteiger partial charge in [0.2, 0.25) is 0 Å². The van der Waals surface area contributed by atoms with Gasteiger partial charge in [0, 0.05) is 6.04 Å². The van der Waals surface area contributed by atoms with Crippen LogP contribution in [0.5, 0.6) is 0 Å². The molecule has 2 unspecified atom stereocenters. The molecule has 1 saturated carbocycles. The zero-order chi connectivity index (χ0) is 8.43. The lowest BCUT2D eigenvalue weighted by atomic mass is 9.93. The molecule has 1 fully saturated rings. The first-order chi connectivity index (χ1) is 5.11. The second-order valence-electron chi connectivity index (χ2n) is 4.02. The number of rotatable bonds is 4. The zero-order valence-corrected chi connectivity index (χ0v) is 7.64. The second kappa shape index (κ2) is 3.40. The highest BCUT2D eigenvalue weighted by atomic mass is 14.7. The van der Waals surface area contributed by atoms with Gasteiger partial charge < -0.3 is 5.73 Å². The summed E-state index contributed by atoms with van der Waals surface area (Å²) in [5.41, 5.74) is 7.21. The number of hydrogen-bond acceptors (Lipinski definition) is 1. The van der Waals surface area contributed by atoms with Crippen LogP contribution in [0, 0.1) is 11.8 Å². The summed E-state index contributed by atoms with van der Waals surface area (Å²) < 4.78 is 0. The molecule has 1 aliphatic carbocycles. The van der Waals surface area contributed by atoms with Gasteiger partial charge in [-0.05, 0) is 38.0 Å². The Morgan fingerprint density at radius 3 is 2.55 bits per heavy atom. The minimum atomic E-state index is 0.347. The van der Waals surface area contributed by atoms with Gasteiger partial charge in [-0.3, -0.25) is 0 Å². The third-order valence-electron chi connectivity index (χ3n) is 2.63. The summed E-state index contributed by atoms with van der Waals surface area (Å²) in [5.74, 6) is 1.62. The summed E-state index contributed by atoms with van der Waals surface area (Å²) in [7, 11) is 0. The number of nitrogens with two attached hydrogens (primary N) is 1. The third-order valence-corrected chi connectivity index (χ3v) is 2.63. The highest BCUT2D eigenvalue weighted by molar-refractivity contribution is 4.95. The average Bonchev–Trinajstić information content (AvgIpc) is 2.65. The van der Waals surface area contributed by atoms with E-state index in [1.165, 1.54) is 18.4 Å². The Morgan fingerprint density at radius 2 is 2.18 bits per heavy atom. The van der Waals surface area contributed by atoms with Gasteiger partial charge in [0.1, 0.15) is 0 Å². The molecule has 0 aromatic rings. The van der Waals surface area contributed by atoms with E-state index in [0.717, 1.165) is 12.3 Å². The van der Waals surface area contributed by atoms with Crippen molar-refractivity contribution in [3.05, 3.63) is 12.2 Å². The van der Waals surface area contributed by atoms with Crippen molar-refractivity contribution in [2.24, 2.45) is 17.6 Å². The van der Waals surface area contributed by atoms with E-state index in [9.17, 15) is 0 Å². The van der Waals surface area contributed by atoms with E-state index in [4.69, 9.17) is 5.73 Å². The SMILES string of the molecule is C=C(C)CC(N)C(C)C1CC1. The molecule has 11 heavy (non-hydrogen) atoms. The zero-order valence-electron chi connectivity index (χ0n) is 7.64. The first-order valence-corrected chi connectivity index (χ1v) is 4.51. The molecule has 0 radical (unpaired) electrons. The van der Waals surface area contributed by atoms with E-state index < -0.39 is 0 Å². The van der Waals surface area contributed by atoms with Crippen molar-refractivity contribution in [2.75, 3.05) is 0 Å². The van der Waals surface area contributed by atoms with Gasteiger partial charge in [-0.1, -0.05) is 12.5 Å². The van der Waals surface area contributed by atoms with Gasteiger partial charge in [0.05, 0.1) is 0 Å². The van der Waals surface area contributed by atoms with E-state index in [0.29, 0.717) is 12.0 Å². The minimum absolute atomic E-state index is 0.347. The van der Waals surface area contributed by atoms with Crippen LogP contribution in [0.2, 0.25) is 0 Å². The summed E-state index contributed by atoms with van der Waals surface area (Å²) in [4.78, 5) is 0. The van der Waals surface area contributed by atoms with Gasteiger partial charge in [-0.2, -0.15) is 0 Å². The van der Waals surface area contributed by atoms with Crippen LogP contribution in [0.25, 0.3) is 0 Å². The van der Waals surface area contributed by atoms with Crippen LogP contribution in [-0.2, 0) is 0 Å². The Morgan fingerprint density at radius 1 is 1.64 bits per heavy atom. The summed E-state index contributed by atoms with van der Waals surface area (Å²) in [6.07, 6.45) is 3.79. The van der Waals surface area contributed by atoms with E-state index in [1.54, 1.807) is 0 Å². The topological polar surface area (TPSA) is 26.0 Å². The first-order valence-electron chi connectivity index (χ1n) is 4.51. The standard InChI is InChI=1S/C10H19N/c1-7(2)6-10(11)8(3)9-4-5-9/h8-10H,1,4-6,11H2,2-3H3. The van der Waals surface area contributed by atoms with Gasteiger partial charge in [-0.25, -0.2) is 0 Å². The molecule has 0 saturated heterocycles. The molecule has 2 N–H and O–H groups in total. The number of hydrogen-bond donors (Lipinski definition) is 1. The van der Waals surface area contributed by atoms with Crippen molar-refractivity contribution >= 4 is 0 Å². The maximum absolute atomic E-state index is 6.00. The van der Waals surface area contributed by atoms with Crippen LogP contribution in [-0.4, -0.2) is 6.04 Å². The van der Waals surface area contributed by atoms with Gasteiger partial charge in [0.15, 0.2) is 0 Å². The average molecular weight is 153 g/mol. The largest absolute Gasteiger partial charge is 0.327 e. The van der Waals surface area contributed by atoms with E-state index in [2.05, 4.69) is 20.4 Å². The molecule has 0 amide bonds. The summed E-state index contributed by atoms with van der Waals surface area (Å²) in [5, 5.41) is 0. The van der Waals surface area contributed by atoms with E-state index in [-0.39, 0.29) is 0 Å². The third kappa shape index (κ3) is 2.66. The van der Waals surface area contributed by atoms with Crippen molar-refractivity contribution in [3.8, 4) is 0 Å². The van der Waals surface area contributed by atoms with Gasteiger partial charge in [0.25, 0.3) is 0 Å². The fourth-order valence-corrected chi connectivity index (χ4v) is 1.56. The fourth-order valence-electron chi connectivity index (χ4n) is 1.56. The molecule has 0 heterocycles. The van der Waals surface area contributed by atoms with Crippen molar-refractivity contribution < 1.29 is 0 Å². The molecule has 1 heteroatoms. The molecule has 0 aliphatic heterocycles. The molecule has 1 aliphatic rings. The maximum Gasteiger partial charge on any atom is 0.0104 e. The molecule has 1 rings (SSSR count). The quantitative estimate of drug-likeness (QED) is 0.616. The molecule has 2 atom stereocenters. The van der Waals surface area contributed by atoms with Crippen LogP contribution in [0.1, 0.15) is 33.1 Å². The normalized spacial score (nSPS) is 22.8. The van der Waals surface area contributed by atoms with Crippen molar-refractivity contribution in [1.29, 1.82) is 0 Å². The molecule has 0 bridgehead atoms. The fraction of sp³-hybridized carbons (Fsp3) is 0.800. The van der Waals surface area contributed by atoms with Crippen molar-refractivity contribution in [1.82, 2.24) is 0 Å². The summed E-state index contributed by atoms with van der Waals surface area (Å²) in [6.45, 7) is 8.20. The molecule has 64 valence electrons. The predicted octanol–water partition coefficient (Wildman–Crippen LogP) is 2.33. The van der Waals surface area contributed by atoms with Crippen LogP contribution in [0.15, 0.2) is 12.2 Å². The maximum atomic E-state index is 6.00.